The Balaban J connectivity index is -0.000000213. The van der Waals surface area contributed by atoms with Crippen molar-refractivity contribution in [2.75, 3.05) is 0 Å². The average molecular weight is 228 g/mol. The molecule has 0 aromatic heterocycles. The Labute approximate surface area is 132 Å². The quantitative estimate of drug-likeness (QED) is 0.464. The Kier molecular flexibility index (Phi) is 17.4. The maximum absolute atomic E-state index is 8.58. The topological polar surface area (TPSA) is 104 Å². The molecule has 0 spiro atoms. The summed E-state index contributed by atoms with van der Waals surface area (Å²) in [5, 5.41) is 33.8. The monoisotopic (exact) mass is 228 g/mol. The number of benzene rings is 1. The van der Waals surface area contributed by atoms with Gasteiger partial charge in [-0.2, -0.15) is 0 Å². The standard InChI is InChI=1S/C6H7BO2.CH2O3.2Na/c8-7(9)6-4-2-1-3-5-6;2-1(3)4;;/h1-5,8-9H;(H2,2,3,4);;/q;;2*+1/p-2. The van der Waals surface area contributed by atoms with E-state index in [1.807, 2.05) is 6.07 Å². The summed E-state index contributed by atoms with van der Waals surface area (Å²) in [4.78, 5) is 8.33. The third-order valence-electron chi connectivity index (χ3n) is 1.10. The van der Waals surface area contributed by atoms with Crippen molar-refractivity contribution in [1.29, 1.82) is 0 Å². The molecule has 0 heterocycles. The Bertz CT molecular complexity index is 253. The van der Waals surface area contributed by atoms with Crippen LogP contribution < -0.4 is 74.8 Å². The van der Waals surface area contributed by atoms with Crippen LogP contribution in [-0.4, -0.2) is 23.3 Å². The van der Waals surface area contributed by atoms with Crippen molar-refractivity contribution in [3.05, 3.63) is 30.3 Å². The minimum atomic E-state index is -2.33. The number of carboxylic acid groups (broad SMARTS) is 2. The second-order valence-electron chi connectivity index (χ2n) is 2.03. The van der Waals surface area contributed by atoms with Gasteiger partial charge in [0.1, 0.15) is 0 Å². The molecule has 0 bridgehead atoms. The molecule has 0 radical (unpaired) electrons. The van der Waals surface area contributed by atoms with E-state index in [9.17, 15) is 0 Å². The average Bonchev–Trinajstić information content (AvgIpc) is 2.05. The summed E-state index contributed by atoms with van der Waals surface area (Å²) >= 11 is 0. The van der Waals surface area contributed by atoms with Crippen molar-refractivity contribution in [2.45, 2.75) is 0 Å². The van der Waals surface area contributed by atoms with Gasteiger partial charge in [-0.05, 0) is 11.6 Å². The van der Waals surface area contributed by atoms with E-state index >= 15 is 0 Å². The molecule has 0 saturated carbocycles. The van der Waals surface area contributed by atoms with Gasteiger partial charge >= 0.3 is 66.2 Å². The second-order valence-corrected chi connectivity index (χ2v) is 2.03. The van der Waals surface area contributed by atoms with Gasteiger partial charge in [-0.3, -0.25) is 0 Å². The van der Waals surface area contributed by atoms with Crippen LogP contribution >= 0.6 is 0 Å². The van der Waals surface area contributed by atoms with Crippen molar-refractivity contribution >= 4 is 18.7 Å². The van der Waals surface area contributed by atoms with Crippen LogP contribution in [-0.2, 0) is 0 Å². The normalized spacial score (nSPS) is 7.07. The molecule has 70 valence electrons. The molecule has 0 amide bonds. The maximum Gasteiger partial charge on any atom is 1.00 e. The van der Waals surface area contributed by atoms with Crippen LogP contribution in [0, 0.1) is 0 Å². The Hall–Kier alpha value is 0.475. The summed E-state index contributed by atoms with van der Waals surface area (Å²) in [6.45, 7) is 0. The Morgan fingerprint density at radius 2 is 1.40 bits per heavy atom. The molecule has 0 aliphatic heterocycles. The van der Waals surface area contributed by atoms with Crippen LogP contribution in [0.3, 0.4) is 0 Å². The molecule has 1 aromatic carbocycles. The van der Waals surface area contributed by atoms with E-state index in [4.69, 9.17) is 25.1 Å². The van der Waals surface area contributed by atoms with E-state index in [0.717, 1.165) is 0 Å². The van der Waals surface area contributed by atoms with Gasteiger partial charge in [-0.15, -0.1) is 0 Å². The van der Waals surface area contributed by atoms with Gasteiger partial charge in [-0.25, -0.2) is 0 Å². The van der Waals surface area contributed by atoms with E-state index < -0.39 is 13.3 Å². The zero-order valence-corrected chi connectivity index (χ0v) is 12.6. The minimum absolute atomic E-state index is 0. The summed E-state index contributed by atoms with van der Waals surface area (Å²) < 4.78 is 0. The fourth-order valence-corrected chi connectivity index (χ4v) is 0.625. The third kappa shape index (κ3) is 14.5. The van der Waals surface area contributed by atoms with Crippen LogP contribution in [0.15, 0.2) is 30.3 Å². The molecule has 2 N–H and O–H groups in total. The van der Waals surface area contributed by atoms with Gasteiger partial charge in [0.2, 0.25) is 0 Å². The molecular weight excluding hydrogens is 221 g/mol. The summed E-state index contributed by atoms with van der Waals surface area (Å²) in [5.41, 5.74) is 0.525. The molecule has 5 nitrogen and oxygen atoms in total. The molecule has 0 aliphatic carbocycles. The number of hydrogen-bond acceptors (Lipinski definition) is 5. The molecule has 1 rings (SSSR count). The number of carbonyl (C=O) groups is 1. The predicted octanol–water partition coefficient (Wildman–Crippen LogP) is -9.07. The first kappa shape index (κ1) is 20.8. The van der Waals surface area contributed by atoms with Crippen LogP contribution in [0.4, 0.5) is 4.79 Å². The largest absolute Gasteiger partial charge is 1.00 e. The van der Waals surface area contributed by atoms with E-state index in [2.05, 4.69) is 0 Å². The van der Waals surface area contributed by atoms with Gasteiger partial charge in [0.25, 0.3) is 0 Å². The van der Waals surface area contributed by atoms with Crippen molar-refractivity contribution in [3.63, 3.8) is 0 Å². The van der Waals surface area contributed by atoms with Crippen LogP contribution in [0.2, 0.25) is 0 Å². The molecule has 0 atom stereocenters. The fraction of sp³-hybridized carbons (Fsp3) is 0. The van der Waals surface area contributed by atoms with Crippen molar-refractivity contribution in [1.82, 2.24) is 0 Å². The molecule has 0 saturated heterocycles. The molecule has 1 aromatic rings. The molecule has 0 aliphatic rings. The van der Waals surface area contributed by atoms with Crippen LogP contribution in [0.5, 0.6) is 0 Å². The smallest absolute Gasteiger partial charge is 0.652 e. The van der Waals surface area contributed by atoms with Gasteiger partial charge < -0.3 is 25.1 Å². The number of hydrogen-bond donors (Lipinski definition) is 2. The van der Waals surface area contributed by atoms with Gasteiger partial charge in [0, 0.05) is 0 Å². The molecule has 0 fully saturated rings. The first-order chi connectivity index (χ1) is 6.04. The first-order valence-electron chi connectivity index (χ1n) is 3.33. The van der Waals surface area contributed by atoms with Crippen molar-refractivity contribution in [2.24, 2.45) is 0 Å². The number of rotatable bonds is 1. The molecular formula is C7H7BNa2O5. The minimum Gasteiger partial charge on any atom is -0.652 e. The predicted molar refractivity (Wildman–Crippen MR) is 41.7 cm³/mol. The van der Waals surface area contributed by atoms with E-state index in [1.165, 1.54) is 0 Å². The number of carbonyl (C=O) groups excluding carboxylic acids is 1. The molecule has 8 heteroatoms. The van der Waals surface area contributed by atoms with Crippen molar-refractivity contribution < 1.29 is 84.2 Å². The maximum atomic E-state index is 8.58. The van der Waals surface area contributed by atoms with Gasteiger partial charge in [0.15, 0.2) is 0 Å². The Morgan fingerprint density at radius 3 is 1.60 bits per heavy atom. The summed E-state index contributed by atoms with van der Waals surface area (Å²) in [6.07, 6.45) is -2.33. The summed E-state index contributed by atoms with van der Waals surface area (Å²) in [7, 11) is -1.34. The van der Waals surface area contributed by atoms with Crippen LogP contribution in [0.1, 0.15) is 0 Å². The zero-order valence-electron chi connectivity index (χ0n) is 8.58. The SMILES string of the molecule is O=C([O-])[O-].OB(O)c1ccccc1.[Na+].[Na+]. The second kappa shape index (κ2) is 12.5. The van der Waals surface area contributed by atoms with Crippen LogP contribution in [0.25, 0.3) is 0 Å². The van der Waals surface area contributed by atoms with E-state index in [1.54, 1.807) is 24.3 Å². The van der Waals surface area contributed by atoms with E-state index in [-0.39, 0.29) is 59.1 Å². The van der Waals surface area contributed by atoms with Crippen molar-refractivity contribution in [3.8, 4) is 0 Å². The Morgan fingerprint density at radius 1 is 1.07 bits per heavy atom. The fourth-order valence-electron chi connectivity index (χ4n) is 0.625. The first-order valence-corrected chi connectivity index (χ1v) is 3.33. The zero-order chi connectivity index (χ0) is 10.3. The van der Waals surface area contributed by atoms with Gasteiger partial charge in [0.05, 0.1) is 0 Å². The summed E-state index contributed by atoms with van der Waals surface area (Å²) in [6, 6.07) is 8.66. The third-order valence-corrected chi connectivity index (χ3v) is 1.10. The molecule has 0 unspecified atom stereocenters. The van der Waals surface area contributed by atoms with Gasteiger partial charge in [-0.1, -0.05) is 30.3 Å². The summed E-state index contributed by atoms with van der Waals surface area (Å²) in [5.74, 6) is 0. The van der Waals surface area contributed by atoms with E-state index in [0.29, 0.717) is 5.46 Å². The molecule has 15 heavy (non-hydrogen) atoms.